The molecule has 74 valence electrons. The summed E-state index contributed by atoms with van der Waals surface area (Å²) in [5.74, 6) is -0.322. The molecule has 0 aliphatic carbocycles. The van der Waals surface area contributed by atoms with Gasteiger partial charge in [0.1, 0.15) is 0 Å². The molecule has 14 heavy (non-hydrogen) atoms. The summed E-state index contributed by atoms with van der Waals surface area (Å²) in [5, 5.41) is 0. The van der Waals surface area contributed by atoms with E-state index in [0.717, 1.165) is 5.56 Å². The first kappa shape index (κ1) is 10.4. The van der Waals surface area contributed by atoms with Crippen molar-refractivity contribution in [2.24, 2.45) is 0 Å². The van der Waals surface area contributed by atoms with Crippen LogP contribution < -0.4 is 0 Å². The van der Waals surface area contributed by atoms with Gasteiger partial charge < -0.3 is 4.74 Å². The molecule has 0 aromatic carbocycles. The lowest BCUT2D eigenvalue weighted by Crippen LogP contribution is -2.08. The molecule has 0 unspecified atom stereocenters. The number of carbonyl (C=O) groups is 1. The molecule has 0 saturated heterocycles. The molecule has 1 heterocycles. The lowest BCUT2D eigenvalue weighted by Gasteiger charge is -2.03. The molecule has 0 saturated carbocycles. The maximum Gasteiger partial charge on any atom is 0.331 e. The molecule has 1 aromatic heterocycles. The van der Waals surface area contributed by atoms with Crippen molar-refractivity contribution >= 4 is 12.0 Å². The first-order valence-electron chi connectivity index (χ1n) is 4.47. The second kappa shape index (κ2) is 5.17. The van der Waals surface area contributed by atoms with Gasteiger partial charge in [-0.15, -0.1) is 0 Å². The molecule has 3 nitrogen and oxygen atoms in total. The minimum Gasteiger partial charge on any atom is -0.460 e. The van der Waals surface area contributed by atoms with E-state index in [1.165, 1.54) is 6.08 Å². The van der Waals surface area contributed by atoms with Gasteiger partial charge >= 0.3 is 5.97 Å². The Morgan fingerprint density at radius 2 is 2.07 bits per heavy atom. The molecule has 0 fully saturated rings. The summed E-state index contributed by atoms with van der Waals surface area (Å²) in [4.78, 5) is 15.0. The van der Waals surface area contributed by atoms with Crippen LogP contribution >= 0.6 is 0 Å². The molecule has 1 aromatic rings. The molecule has 1 rings (SSSR count). The molecule has 0 N–H and O–H groups in total. The van der Waals surface area contributed by atoms with E-state index in [2.05, 4.69) is 4.98 Å². The van der Waals surface area contributed by atoms with Crippen molar-refractivity contribution in [3.05, 3.63) is 36.2 Å². The second-order valence-electron chi connectivity index (χ2n) is 3.10. The third kappa shape index (κ3) is 3.85. The van der Waals surface area contributed by atoms with Crippen LogP contribution in [0.5, 0.6) is 0 Å². The summed E-state index contributed by atoms with van der Waals surface area (Å²) in [5.41, 5.74) is 0.931. The Labute approximate surface area is 83.4 Å². The van der Waals surface area contributed by atoms with E-state index < -0.39 is 0 Å². The lowest BCUT2D eigenvalue weighted by atomic mass is 10.2. The van der Waals surface area contributed by atoms with Gasteiger partial charge in [-0.05, 0) is 37.6 Å². The summed E-state index contributed by atoms with van der Waals surface area (Å²) in [7, 11) is 0. The highest BCUT2D eigenvalue weighted by atomic mass is 16.5. The van der Waals surface area contributed by atoms with Crippen LogP contribution in [0.4, 0.5) is 0 Å². The van der Waals surface area contributed by atoms with Crippen molar-refractivity contribution in [2.75, 3.05) is 0 Å². The molecule has 0 radical (unpaired) electrons. The molecule has 0 atom stereocenters. The van der Waals surface area contributed by atoms with E-state index in [9.17, 15) is 4.79 Å². The number of nitrogens with zero attached hydrogens (tertiary/aromatic N) is 1. The molecule has 0 bridgehead atoms. The third-order valence-corrected chi connectivity index (χ3v) is 1.47. The van der Waals surface area contributed by atoms with Gasteiger partial charge in [-0.2, -0.15) is 0 Å². The van der Waals surface area contributed by atoms with Crippen LogP contribution in [-0.2, 0) is 9.53 Å². The van der Waals surface area contributed by atoms with Crippen molar-refractivity contribution in [3.63, 3.8) is 0 Å². The van der Waals surface area contributed by atoms with E-state index in [0.29, 0.717) is 0 Å². The van der Waals surface area contributed by atoms with Crippen LogP contribution in [0.15, 0.2) is 30.6 Å². The van der Waals surface area contributed by atoms with Crippen molar-refractivity contribution < 1.29 is 9.53 Å². The Morgan fingerprint density at radius 3 is 2.64 bits per heavy atom. The fourth-order valence-electron chi connectivity index (χ4n) is 0.910. The maximum absolute atomic E-state index is 11.1. The zero-order chi connectivity index (χ0) is 10.4. The fraction of sp³-hybridized carbons (Fsp3) is 0.273. The van der Waals surface area contributed by atoms with Crippen LogP contribution in [0.1, 0.15) is 19.4 Å². The Hall–Kier alpha value is -1.64. The van der Waals surface area contributed by atoms with E-state index in [4.69, 9.17) is 4.74 Å². The third-order valence-electron chi connectivity index (χ3n) is 1.47. The van der Waals surface area contributed by atoms with Gasteiger partial charge in [-0.1, -0.05) is 0 Å². The SMILES string of the molecule is CC(C)OC(=O)/C=C/c1ccncc1. The van der Waals surface area contributed by atoms with E-state index in [1.807, 2.05) is 26.0 Å². The average Bonchev–Trinajstić information content (AvgIpc) is 2.15. The highest BCUT2D eigenvalue weighted by molar-refractivity contribution is 5.87. The number of pyridine rings is 1. The minimum atomic E-state index is -0.322. The Kier molecular flexibility index (Phi) is 3.85. The largest absolute Gasteiger partial charge is 0.460 e. The van der Waals surface area contributed by atoms with Crippen LogP contribution in [-0.4, -0.2) is 17.1 Å². The summed E-state index contributed by atoms with van der Waals surface area (Å²) in [6, 6.07) is 3.64. The number of hydrogen-bond acceptors (Lipinski definition) is 3. The van der Waals surface area contributed by atoms with Gasteiger partial charge in [0.25, 0.3) is 0 Å². The molecule has 0 aliphatic rings. The zero-order valence-electron chi connectivity index (χ0n) is 8.31. The Balaban J connectivity index is 2.52. The number of esters is 1. The highest BCUT2D eigenvalue weighted by Crippen LogP contribution is 2.00. The first-order chi connectivity index (χ1) is 6.68. The lowest BCUT2D eigenvalue weighted by molar-refractivity contribution is -0.141. The summed E-state index contributed by atoms with van der Waals surface area (Å²) < 4.78 is 4.93. The van der Waals surface area contributed by atoms with E-state index >= 15 is 0 Å². The average molecular weight is 191 g/mol. The predicted molar refractivity (Wildman–Crippen MR) is 54.5 cm³/mol. The van der Waals surface area contributed by atoms with Crippen molar-refractivity contribution in [2.45, 2.75) is 20.0 Å². The van der Waals surface area contributed by atoms with Crippen LogP contribution in [0.25, 0.3) is 6.08 Å². The minimum absolute atomic E-state index is 0.0791. The molecule has 0 amide bonds. The number of carbonyl (C=O) groups excluding carboxylic acids is 1. The number of hydrogen-bond donors (Lipinski definition) is 0. The first-order valence-corrected chi connectivity index (χ1v) is 4.47. The number of aromatic nitrogens is 1. The fourth-order valence-corrected chi connectivity index (χ4v) is 0.910. The molecular formula is C11H13NO2. The van der Waals surface area contributed by atoms with Gasteiger partial charge in [-0.25, -0.2) is 4.79 Å². The number of ether oxygens (including phenoxy) is 1. The van der Waals surface area contributed by atoms with Crippen molar-refractivity contribution in [1.82, 2.24) is 4.98 Å². The standard InChI is InChI=1S/C11H13NO2/c1-9(2)14-11(13)4-3-10-5-7-12-8-6-10/h3-9H,1-2H3/b4-3+. The van der Waals surface area contributed by atoms with Gasteiger partial charge in [0, 0.05) is 18.5 Å². The molecule has 0 aliphatic heterocycles. The van der Waals surface area contributed by atoms with Crippen LogP contribution in [0.2, 0.25) is 0 Å². The topological polar surface area (TPSA) is 39.2 Å². The van der Waals surface area contributed by atoms with E-state index in [-0.39, 0.29) is 12.1 Å². The van der Waals surface area contributed by atoms with Crippen LogP contribution in [0.3, 0.4) is 0 Å². The predicted octanol–water partition coefficient (Wildman–Crippen LogP) is 2.05. The second-order valence-corrected chi connectivity index (χ2v) is 3.10. The van der Waals surface area contributed by atoms with Gasteiger partial charge in [-0.3, -0.25) is 4.98 Å². The zero-order valence-corrected chi connectivity index (χ0v) is 8.31. The summed E-state index contributed by atoms with van der Waals surface area (Å²) in [6.45, 7) is 3.64. The smallest absolute Gasteiger partial charge is 0.331 e. The highest BCUT2D eigenvalue weighted by Gasteiger charge is 1.99. The monoisotopic (exact) mass is 191 g/mol. The maximum atomic E-state index is 11.1. The van der Waals surface area contributed by atoms with Gasteiger partial charge in [0.15, 0.2) is 0 Å². The van der Waals surface area contributed by atoms with Crippen LogP contribution in [0, 0.1) is 0 Å². The van der Waals surface area contributed by atoms with Gasteiger partial charge in [0.2, 0.25) is 0 Å². The van der Waals surface area contributed by atoms with E-state index in [1.54, 1.807) is 18.5 Å². The summed E-state index contributed by atoms with van der Waals surface area (Å²) in [6.07, 6.45) is 6.38. The Bertz CT molecular complexity index is 317. The molecule has 3 heteroatoms. The number of rotatable bonds is 3. The van der Waals surface area contributed by atoms with Gasteiger partial charge in [0.05, 0.1) is 6.10 Å². The molecular weight excluding hydrogens is 178 g/mol. The molecule has 0 spiro atoms. The normalized spacial score (nSPS) is 10.8. The summed E-state index contributed by atoms with van der Waals surface area (Å²) >= 11 is 0. The quantitative estimate of drug-likeness (QED) is 0.542. The van der Waals surface area contributed by atoms with Crippen molar-refractivity contribution in [1.29, 1.82) is 0 Å². The Morgan fingerprint density at radius 1 is 1.43 bits per heavy atom. The van der Waals surface area contributed by atoms with Crippen molar-refractivity contribution in [3.8, 4) is 0 Å².